The molecule has 226 valence electrons. The second-order valence-corrected chi connectivity index (χ2v) is 11.5. The Morgan fingerprint density at radius 3 is 2.40 bits per heavy atom. The molecule has 6 rings (SSSR count). The van der Waals surface area contributed by atoms with Crippen molar-refractivity contribution in [3.05, 3.63) is 129 Å². The molecule has 0 spiro atoms. The molecule has 0 saturated carbocycles. The highest BCUT2D eigenvalue weighted by Crippen LogP contribution is 2.36. The fourth-order valence-corrected chi connectivity index (χ4v) is 6.18. The summed E-state index contributed by atoms with van der Waals surface area (Å²) in [5, 5.41) is 1.37. The van der Waals surface area contributed by atoms with Gasteiger partial charge in [-0.2, -0.15) is 0 Å². The second kappa shape index (κ2) is 12.5. The van der Waals surface area contributed by atoms with E-state index in [1.54, 1.807) is 30.3 Å². The normalized spacial score (nSPS) is 13.5. The molecule has 2 aromatic heterocycles. The number of halogens is 1. The zero-order chi connectivity index (χ0) is 31.7. The molecule has 0 saturated heterocycles. The molecule has 45 heavy (non-hydrogen) atoms. The molecule has 5 aromatic rings. The molecule has 7 nitrogen and oxygen atoms in total. The molecule has 0 radical (unpaired) electrons. The van der Waals surface area contributed by atoms with E-state index in [9.17, 15) is 14.4 Å². The van der Waals surface area contributed by atoms with Gasteiger partial charge in [-0.25, -0.2) is 14.6 Å². The SMILES string of the molecule is COC(=O)c1ccc(-n2c(C)cc(C(=O)COC(=O)c3c4c(nc5ccccc35)/C(=C\c3ccc(Cl)cc3)CCC4)c2C)cc1. The van der Waals surface area contributed by atoms with Crippen molar-refractivity contribution in [3.8, 4) is 5.69 Å². The number of ether oxygens (including phenoxy) is 2. The van der Waals surface area contributed by atoms with Gasteiger partial charge in [0.15, 0.2) is 6.61 Å². The number of carbonyl (C=O) groups is 3. The molecule has 0 unspecified atom stereocenters. The van der Waals surface area contributed by atoms with E-state index >= 15 is 0 Å². The van der Waals surface area contributed by atoms with Crippen LogP contribution in [0.25, 0.3) is 28.2 Å². The lowest BCUT2D eigenvalue weighted by Gasteiger charge is -2.22. The van der Waals surface area contributed by atoms with Gasteiger partial charge in [0, 0.05) is 33.0 Å². The lowest BCUT2D eigenvalue weighted by Crippen LogP contribution is -2.19. The van der Waals surface area contributed by atoms with E-state index < -0.39 is 18.5 Å². The molecule has 0 amide bonds. The van der Waals surface area contributed by atoms with Gasteiger partial charge >= 0.3 is 11.9 Å². The standard InChI is InChI=1S/C37H31ClN2O5/c1-22-19-31(23(2)40(22)28-17-13-25(14-18-28)36(42)44-3)33(41)21-45-37(43)34-29-8-4-5-10-32(29)39-35-26(7-6-9-30(34)35)20-24-11-15-27(38)16-12-24/h4-5,8,10-20H,6-7,9,21H2,1-3H3/b26-20-. The predicted octanol–water partition coefficient (Wildman–Crippen LogP) is 8.00. The first-order chi connectivity index (χ1) is 21.7. The molecule has 3 aromatic carbocycles. The minimum atomic E-state index is -0.543. The fourth-order valence-electron chi connectivity index (χ4n) is 6.06. The Kier molecular flexibility index (Phi) is 8.37. The number of rotatable bonds is 7. The van der Waals surface area contributed by atoms with E-state index in [0.717, 1.165) is 46.6 Å². The first-order valence-corrected chi connectivity index (χ1v) is 15.1. The van der Waals surface area contributed by atoms with Crippen molar-refractivity contribution >= 4 is 51.9 Å². The lowest BCUT2D eigenvalue weighted by atomic mass is 9.86. The zero-order valence-corrected chi connectivity index (χ0v) is 26.0. The van der Waals surface area contributed by atoms with Crippen molar-refractivity contribution in [1.29, 1.82) is 0 Å². The van der Waals surface area contributed by atoms with E-state index in [-0.39, 0.29) is 5.78 Å². The van der Waals surface area contributed by atoms with Crippen LogP contribution in [0.4, 0.5) is 0 Å². The van der Waals surface area contributed by atoms with Gasteiger partial charge in [0.25, 0.3) is 0 Å². The number of allylic oxidation sites excluding steroid dienone is 1. The average Bonchev–Trinajstić information content (AvgIpc) is 3.36. The second-order valence-electron chi connectivity index (χ2n) is 11.1. The van der Waals surface area contributed by atoms with Gasteiger partial charge < -0.3 is 14.0 Å². The molecule has 1 aliphatic rings. The first-order valence-electron chi connectivity index (χ1n) is 14.7. The van der Waals surface area contributed by atoms with Crippen LogP contribution in [0.1, 0.15) is 72.1 Å². The van der Waals surface area contributed by atoms with Crippen molar-refractivity contribution in [2.24, 2.45) is 0 Å². The van der Waals surface area contributed by atoms with E-state index in [4.69, 9.17) is 26.1 Å². The van der Waals surface area contributed by atoms with Crippen molar-refractivity contribution in [3.63, 3.8) is 0 Å². The lowest BCUT2D eigenvalue weighted by molar-refractivity contribution is 0.0475. The molecule has 0 N–H and O–H groups in total. The summed E-state index contributed by atoms with van der Waals surface area (Å²) >= 11 is 6.09. The largest absolute Gasteiger partial charge is 0.465 e. The van der Waals surface area contributed by atoms with Crippen LogP contribution in [0.15, 0.2) is 78.9 Å². The van der Waals surface area contributed by atoms with Crippen LogP contribution in [-0.2, 0) is 15.9 Å². The van der Waals surface area contributed by atoms with Crippen LogP contribution in [-0.4, -0.2) is 41.0 Å². The molecular formula is C37H31ClN2O5. The summed E-state index contributed by atoms with van der Waals surface area (Å²) in [7, 11) is 1.34. The van der Waals surface area contributed by atoms with Crippen molar-refractivity contribution < 1.29 is 23.9 Å². The molecule has 8 heteroatoms. The zero-order valence-electron chi connectivity index (χ0n) is 25.2. The Balaban J connectivity index is 1.28. The molecular weight excluding hydrogens is 588 g/mol. The van der Waals surface area contributed by atoms with E-state index in [1.807, 2.05) is 66.9 Å². The van der Waals surface area contributed by atoms with E-state index in [2.05, 4.69) is 6.08 Å². The smallest absolute Gasteiger partial charge is 0.339 e. The van der Waals surface area contributed by atoms with Crippen LogP contribution in [0.5, 0.6) is 0 Å². The number of aryl methyl sites for hydroxylation is 1. The summed E-state index contributed by atoms with van der Waals surface area (Å²) in [5.41, 5.74) is 8.07. The highest BCUT2D eigenvalue weighted by atomic mass is 35.5. The molecule has 0 atom stereocenters. The number of nitrogens with zero attached hydrogens (tertiary/aromatic N) is 2. The highest BCUT2D eigenvalue weighted by Gasteiger charge is 2.27. The Labute approximate surface area is 266 Å². The molecule has 1 aliphatic carbocycles. The van der Waals surface area contributed by atoms with Gasteiger partial charge in [0.05, 0.1) is 29.4 Å². The maximum absolute atomic E-state index is 13.8. The summed E-state index contributed by atoms with van der Waals surface area (Å²) in [4.78, 5) is 44.0. The fraction of sp³-hybridized carbons (Fsp3) is 0.189. The summed E-state index contributed by atoms with van der Waals surface area (Å²) < 4.78 is 12.5. The molecule has 0 fully saturated rings. The van der Waals surface area contributed by atoms with Crippen LogP contribution in [0, 0.1) is 13.8 Å². The first kappa shape index (κ1) is 30.0. The Bertz CT molecular complexity index is 1990. The van der Waals surface area contributed by atoms with Crippen molar-refractivity contribution in [2.75, 3.05) is 13.7 Å². The average molecular weight is 619 g/mol. The van der Waals surface area contributed by atoms with Crippen LogP contribution >= 0.6 is 11.6 Å². The number of para-hydroxylation sites is 1. The maximum atomic E-state index is 13.8. The van der Waals surface area contributed by atoms with Gasteiger partial charge in [-0.3, -0.25) is 4.79 Å². The van der Waals surface area contributed by atoms with Gasteiger partial charge in [-0.15, -0.1) is 0 Å². The predicted molar refractivity (Wildman–Crippen MR) is 175 cm³/mol. The summed E-state index contributed by atoms with van der Waals surface area (Å²) in [5.74, 6) is -1.26. The number of benzene rings is 3. The number of hydrogen-bond acceptors (Lipinski definition) is 6. The summed E-state index contributed by atoms with van der Waals surface area (Å²) in [6.45, 7) is 3.34. The number of esters is 2. The summed E-state index contributed by atoms with van der Waals surface area (Å²) in [6.07, 6.45) is 4.46. The number of ketones is 1. The highest BCUT2D eigenvalue weighted by molar-refractivity contribution is 6.30. The minimum absolute atomic E-state index is 0.301. The number of aromatic nitrogens is 2. The third kappa shape index (κ3) is 5.91. The Hall–Kier alpha value is -5.01. The number of hydrogen-bond donors (Lipinski definition) is 0. The number of pyridine rings is 1. The Morgan fingerprint density at radius 2 is 1.67 bits per heavy atom. The third-order valence-corrected chi connectivity index (χ3v) is 8.45. The minimum Gasteiger partial charge on any atom is -0.465 e. The van der Waals surface area contributed by atoms with Gasteiger partial charge in [0.1, 0.15) is 0 Å². The Morgan fingerprint density at radius 1 is 0.933 bits per heavy atom. The topological polar surface area (TPSA) is 87.5 Å². The monoisotopic (exact) mass is 618 g/mol. The molecule has 0 aliphatic heterocycles. The summed E-state index contributed by atoms with van der Waals surface area (Å²) in [6, 6.07) is 23.9. The van der Waals surface area contributed by atoms with Crippen molar-refractivity contribution in [1.82, 2.24) is 9.55 Å². The van der Waals surface area contributed by atoms with Crippen LogP contribution in [0.3, 0.4) is 0 Å². The quantitative estimate of drug-likeness (QED) is 0.136. The van der Waals surface area contributed by atoms with Crippen LogP contribution in [0.2, 0.25) is 5.02 Å². The number of fused-ring (bicyclic) bond motifs is 2. The van der Waals surface area contributed by atoms with Gasteiger partial charge in [-0.05, 0) is 104 Å². The van der Waals surface area contributed by atoms with Crippen LogP contribution < -0.4 is 0 Å². The van der Waals surface area contributed by atoms with E-state index in [0.29, 0.717) is 44.7 Å². The maximum Gasteiger partial charge on any atom is 0.339 e. The number of Topliss-reactive ketones (excluding diaryl/α,β-unsaturated/α-hetero) is 1. The van der Waals surface area contributed by atoms with E-state index in [1.165, 1.54) is 7.11 Å². The van der Waals surface area contributed by atoms with Gasteiger partial charge in [0.2, 0.25) is 5.78 Å². The number of methoxy groups -OCH3 is 1. The molecule has 2 heterocycles. The third-order valence-electron chi connectivity index (χ3n) is 8.20. The molecule has 0 bridgehead atoms. The van der Waals surface area contributed by atoms with Gasteiger partial charge in [-0.1, -0.05) is 41.9 Å². The number of carbonyl (C=O) groups excluding carboxylic acids is 3. The van der Waals surface area contributed by atoms with Crippen molar-refractivity contribution in [2.45, 2.75) is 33.1 Å².